The van der Waals surface area contributed by atoms with E-state index in [1.165, 1.54) is 0 Å². The predicted octanol–water partition coefficient (Wildman–Crippen LogP) is 3.78. The molecule has 0 aliphatic rings. The van der Waals surface area contributed by atoms with Crippen molar-refractivity contribution in [1.82, 2.24) is 0 Å². The molecule has 0 saturated carbocycles. The quantitative estimate of drug-likeness (QED) is 0.700. The van der Waals surface area contributed by atoms with E-state index in [9.17, 15) is 4.39 Å². The third-order valence-corrected chi connectivity index (χ3v) is 2.62. The van der Waals surface area contributed by atoms with Crippen molar-refractivity contribution in [1.29, 1.82) is 5.26 Å². The van der Waals surface area contributed by atoms with Crippen molar-refractivity contribution in [3.05, 3.63) is 35.4 Å². The first-order valence-electron chi connectivity index (χ1n) is 4.92. The van der Waals surface area contributed by atoms with Gasteiger partial charge < -0.3 is 0 Å². The highest BCUT2D eigenvalue weighted by Crippen LogP contribution is 2.24. The Bertz CT molecular complexity index is 346. The number of halogens is 2. The maximum absolute atomic E-state index is 12.7. The van der Waals surface area contributed by atoms with Crippen molar-refractivity contribution in [3.8, 4) is 6.07 Å². The molecule has 0 heterocycles. The fourth-order valence-electron chi connectivity index (χ4n) is 1.57. The van der Waals surface area contributed by atoms with Gasteiger partial charge in [-0.2, -0.15) is 5.26 Å². The zero-order valence-corrected chi connectivity index (χ0v) is 9.17. The Balaban J connectivity index is 2.86. The van der Waals surface area contributed by atoms with Gasteiger partial charge in [0.25, 0.3) is 0 Å². The van der Waals surface area contributed by atoms with Crippen LogP contribution in [0.3, 0.4) is 0 Å². The SMILES string of the molecule is N#CC(CCCCl)c1ccccc1CF. The molecular formula is C12H13ClFN. The number of nitrogens with zero attached hydrogens (tertiary/aromatic N) is 1. The molecule has 0 spiro atoms. The maximum Gasteiger partial charge on any atom is 0.115 e. The molecule has 3 heteroatoms. The van der Waals surface area contributed by atoms with E-state index in [2.05, 4.69) is 6.07 Å². The minimum Gasteiger partial charge on any atom is -0.246 e. The second-order valence-corrected chi connectivity index (χ2v) is 3.72. The lowest BCUT2D eigenvalue weighted by molar-refractivity contribution is 0.480. The van der Waals surface area contributed by atoms with Crippen LogP contribution >= 0.6 is 11.6 Å². The predicted molar refractivity (Wildman–Crippen MR) is 59.6 cm³/mol. The van der Waals surface area contributed by atoms with E-state index in [-0.39, 0.29) is 5.92 Å². The largest absolute Gasteiger partial charge is 0.246 e. The average Bonchev–Trinajstić information content (AvgIpc) is 2.30. The number of hydrogen-bond acceptors (Lipinski definition) is 1. The van der Waals surface area contributed by atoms with Crippen molar-refractivity contribution in [2.45, 2.75) is 25.4 Å². The summed E-state index contributed by atoms with van der Waals surface area (Å²) >= 11 is 5.58. The van der Waals surface area contributed by atoms with Crippen LogP contribution in [0.15, 0.2) is 24.3 Å². The first-order chi connectivity index (χ1) is 7.33. The van der Waals surface area contributed by atoms with Crippen LogP contribution in [0.5, 0.6) is 0 Å². The van der Waals surface area contributed by atoms with Crippen LogP contribution < -0.4 is 0 Å². The lowest BCUT2D eigenvalue weighted by Crippen LogP contribution is -2.00. The first-order valence-corrected chi connectivity index (χ1v) is 5.46. The van der Waals surface area contributed by atoms with Crippen LogP contribution in [-0.4, -0.2) is 5.88 Å². The summed E-state index contributed by atoms with van der Waals surface area (Å²) in [7, 11) is 0. The lowest BCUT2D eigenvalue weighted by atomic mass is 9.92. The van der Waals surface area contributed by atoms with E-state index in [1.807, 2.05) is 12.1 Å². The molecule has 1 unspecified atom stereocenters. The molecule has 0 amide bonds. The number of hydrogen-bond donors (Lipinski definition) is 0. The van der Waals surface area contributed by atoms with Crippen LogP contribution in [0.25, 0.3) is 0 Å². The van der Waals surface area contributed by atoms with Gasteiger partial charge in [-0.05, 0) is 24.0 Å². The van der Waals surface area contributed by atoms with Crippen molar-refractivity contribution >= 4 is 11.6 Å². The van der Waals surface area contributed by atoms with Crippen LogP contribution in [0, 0.1) is 11.3 Å². The highest BCUT2D eigenvalue weighted by atomic mass is 35.5. The maximum atomic E-state index is 12.7. The zero-order valence-electron chi connectivity index (χ0n) is 8.42. The molecule has 0 aliphatic carbocycles. The molecule has 80 valence electrons. The number of benzene rings is 1. The Hall–Kier alpha value is -1.07. The Morgan fingerprint density at radius 1 is 1.40 bits per heavy atom. The second-order valence-electron chi connectivity index (χ2n) is 3.35. The van der Waals surface area contributed by atoms with Gasteiger partial charge in [-0.25, -0.2) is 4.39 Å². The van der Waals surface area contributed by atoms with Crippen LogP contribution in [0.2, 0.25) is 0 Å². The van der Waals surface area contributed by atoms with E-state index in [4.69, 9.17) is 16.9 Å². The van der Waals surface area contributed by atoms with Gasteiger partial charge in [0.15, 0.2) is 0 Å². The molecule has 15 heavy (non-hydrogen) atoms. The first kappa shape index (κ1) is 12.0. The molecule has 0 fully saturated rings. The van der Waals surface area contributed by atoms with Gasteiger partial charge in [-0.15, -0.1) is 11.6 Å². The van der Waals surface area contributed by atoms with Gasteiger partial charge in [0.1, 0.15) is 6.67 Å². The fourth-order valence-corrected chi connectivity index (χ4v) is 1.72. The Morgan fingerprint density at radius 3 is 2.73 bits per heavy atom. The van der Waals surface area contributed by atoms with Gasteiger partial charge in [-0.1, -0.05) is 24.3 Å². The Labute approximate surface area is 94.5 Å². The summed E-state index contributed by atoms with van der Waals surface area (Å²) in [6.45, 7) is -0.519. The summed E-state index contributed by atoms with van der Waals surface area (Å²) in [4.78, 5) is 0. The molecule has 0 aromatic heterocycles. The summed E-state index contributed by atoms with van der Waals surface area (Å²) in [5, 5.41) is 9.01. The lowest BCUT2D eigenvalue weighted by Gasteiger charge is -2.11. The summed E-state index contributed by atoms with van der Waals surface area (Å²) in [5.41, 5.74) is 1.41. The number of nitriles is 1. The van der Waals surface area contributed by atoms with Crippen LogP contribution in [-0.2, 0) is 6.67 Å². The minimum absolute atomic E-state index is 0.240. The molecule has 0 N–H and O–H groups in total. The minimum atomic E-state index is -0.519. The average molecular weight is 226 g/mol. The highest BCUT2D eigenvalue weighted by molar-refractivity contribution is 6.17. The number of rotatable bonds is 5. The molecule has 1 aromatic carbocycles. The smallest absolute Gasteiger partial charge is 0.115 e. The van der Waals surface area contributed by atoms with E-state index < -0.39 is 6.67 Å². The zero-order chi connectivity index (χ0) is 11.1. The highest BCUT2D eigenvalue weighted by Gasteiger charge is 2.13. The monoisotopic (exact) mass is 225 g/mol. The second kappa shape index (κ2) is 6.42. The van der Waals surface area contributed by atoms with Gasteiger partial charge >= 0.3 is 0 Å². The summed E-state index contributed by atoms with van der Waals surface area (Å²) in [6.07, 6.45) is 1.47. The molecule has 0 radical (unpaired) electrons. The van der Waals surface area contributed by atoms with E-state index in [1.54, 1.807) is 12.1 Å². The normalized spacial score (nSPS) is 12.1. The fraction of sp³-hybridized carbons (Fsp3) is 0.417. The van der Waals surface area contributed by atoms with Crippen LogP contribution in [0.1, 0.15) is 29.9 Å². The van der Waals surface area contributed by atoms with Crippen LogP contribution in [0.4, 0.5) is 4.39 Å². The van der Waals surface area contributed by atoms with Gasteiger partial charge in [0.2, 0.25) is 0 Å². The Kier molecular flexibility index (Phi) is 5.14. The molecule has 0 aliphatic heterocycles. The molecule has 1 aromatic rings. The van der Waals surface area contributed by atoms with Crippen molar-refractivity contribution in [3.63, 3.8) is 0 Å². The third-order valence-electron chi connectivity index (χ3n) is 2.36. The molecule has 1 nitrogen and oxygen atoms in total. The summed E-state index contributed by atoms with van der Waals surface area (Å²) in [5.74, 6) is 0.298. The van der Waals surface area contributed by atoms with Crippen molar-refractivity contribution in [2.24, 2.45) is 0 Å². The molecule has 1 atom stereocenters. The standard InChI is InChI=1S/C12H13ClFN/c13-7-3-5-11(9-15)12-6-2-1-4-10(12)8-14/h1-2,4,6,11H,3,5,7-8H2. The molecule has 1 rings (SSSR count). The Morgan fingerprint density at radius 2 is 2.13 bits per heavy atom. The van der Waals surface area contributed by atoms with Gasteiger partial charge in [0.05, 0.1) is 12.0 Å². The van der Waals surface area contributed by atoms with Crippen molar-refractivity contribution in [2.75, 3.05) is 5.88 Å². The summed E-state index contributed by atoms with van der Waals surface area (Å²) in [6, 6.07) is 9.36. The van der Waals surface area contributed by atoms with Gasteiger partial charge in [-0.3, -0.25) is 0 Å². The van der Waals surface area contributed by atoms with Crippen molar-refractivity contribution < 1.29 is 4.39 Å². The molecular weight excluding hydrogens is 213 g/mol. The van der Waals surface area contributed by atoms with E-state index in [0.717, 1.165) is 12.0 Å². The topological polar surface area (TPSA) is 23.8 Å². The third kappa shape index (κ3) is 3.21. The van der Waals surface area contributed by atoms with E-state index >= 15 is 0 Å². The molecule has 0 bridgehead atoms. The van der Waals surface area contributed by atoms with Gasteiger partial charge in [0, 0.05) is 5.88 Å². The number of alkyl halides is 2. The van der Waals surface area contributed by atoms with E-state index in [0.29, 0.717) is 17.9 Å². The molecule has 0 saturated heterocycles. The summed E-state index contributed by atoms with van der Waals surface area (Å²) < 4.78 is 12.7.